The highest BCUT2D eigenvalue weighted by atomic mass is 32.1. The average Bonchev–Trinajstić information content (AvgIpc) is 3.39. The fourth-order valence-corrected chi connectivity index (χ4v) is 4.66. The molecule has 0 fully saturated rings. The summed E-state index contributed by atoms with van der Waals surface area (Å²) in [5.41, 5.74) is 1.37. The van der Waals surface area contributed by atoms with Gasteiger partial charge in [-0.15, -0.1) is 11.3 Å². The molecular weight excluding hydrogens is 410 g/mol. The summed E-state index contributed by atoms with van der Waals surface area (Å²) in [6.07, 6.45) is 1.04. The van der Waals surface area contributed by atoms with E-state index in [9.17, 15) is 14.4 Å². The Morgan fingerprint density at radius 3 is 2.19 bits per heavy atom. The van der Waals surface area contributed by atoms with E-state index in [1.165, 1.54) is 9.78 Å². The predicted octanol–water partition coefficient (Wildman–Crippen LogP) is 3.54. The van der Waals surface area contributed by atoms with Gasteiger partial charge in [0.15, 0.2) is 0 Å². The Hall–Kier alpha value is -3.58. The lowest BCUT2D eigenvalue weighted by Crippen LogP contribution is -2.34. The molecule has 0 unspecified atom stereocenters. The van der Waals surface area contributed by atoms with Crippen molar-refractivity contribution in [3.8, 4) is 0 Å². The summed E-state index contributed by atoms with van der Waals surface area (Å²) >= 11 is 1.65. The standard InChI is InChI=1S/C24H19N3O3S/c28-22-17-7-1-2-8-18(17)23(29)27(22)14-12-21-25-20-10-4-3-9-19(20)24(30)26(21)13-11-16-6-5-15-31-16/h1-10,15H,11-14H2. The molecule has 0 N–H and O–H groups in total. The Labute approximate surface area is 182 Å². The lowest BCUT2D eigenvalue weighted by molar-refractivity contribution is 0.0655. The first-order valence-corrected chi connectivity index (χ1v) is 11.0. The maximum absolute atomic E-state index is 13.2. The van der Waals surface area contributed by atoms with Gasteiger partial charge >= 0.3 is 0 Å². The third-order valence-electron chi connectivity index (χ3n) is 5.54. The van der Waals surface area contributed by atoms with E-state index < -0.39 is 0 Å². The summed E-state index contributed by atoms with van der Waals surface area (Å²) in [7, 11) is 0. The van der Waals surface area contributed by atoms with Crippen LogP contribution < -0.4 is 5.56 Å². The fourth-order valence-electron chi connectivity index (χ4n) is 3.97. The molecule has 0 radical (unpaired) electrons. The molecule has 0 saturated carbocycles. The molecule has 1 aliphatic rings. The van der Waals surface area contributed by atoms with Crippen LogP contribution in [0.4, 0.5) is 0 Å². The first-order chi connectivity index (χ1) is 15.1. The molecule has 3 heterocycles. The van der Waals surface area contributed by atoms with Crippen molar-refractivity contribution in [1.82, 2.24) is 14.5 Å². The van der Waals surface area contributed by atoms with E-state index in [4.69, 9.17) is 4.98 Å². The summed E-state index contributed by atoms with van der Waals surface area (Å²) in [5, 5.41) is 2.58. The Kier molecular flexibility index (Phi) is 4.95. The van der Waals surface area contributed by atoms with Gasteiger partial charge in [-0.25, -0.2) is 4.98 Å². The molecule has 4 aromatic rings. The monoisotopic (exact) mass is 429 g/mol. The highest BCUT2D eigenvalue weighted by Gasteiger charge is 2.34. The Morgan fingerprint density at radius 2 is 1.48 bits per heavy atom. The number of aromatic nitrogens is 2. The number of rotatable bonds is 6. The average molecular weight is 430 g/mol. The Morgan fingerprint density at radius 1 is 0.774 bits per heavy atom. The molecular formula is C24H19N3O3S. The van der Waals surface area contributed by atoms with E-state index in [1.54, 1.807) is 46.2 Å². The van der Waals surface area contributed by atoms with E-state index in [0.717, 1.165) is 6.42 Å². The first-order valence-electron chi connectivity index (χ1n) is 10.1. The lowest BCUT2D eigenvalue weighted by Gasteiger charge is -2.17. The molecule has 6 nitrogen and oxygen atoms in total. The molecule has 2 amide bonds. The van der Waals surface area contributed by atoms with Gasteiger partial charge in [0.1, 0.15) is 5.82 Å². The van der Waals surface area contributed by atoms with Crippen LogP contribution in [-0.4, -0.2) is 32.8 Å². The predicted molar refractivity (Wildman–Crippen MR) is 120 cm³/mol. The quantitative estimate of drug-likeness (QED) is 0.440. The van der Waals surface area contributed by atoms with Crippen molar-refractivity contribution in [3.63, 3.8) is 0 Å². The summed E-state index contributed by atoms with van der Waals surface area (Å²) in [5.74, 6) is -0.0143. The minimum atomic E-state index is -0.297. The van der Waals surface area contributed by atoms with Gasteiger partial charge in [-0.1, -0.05) is 30.3 Å². The number of hydrogen-bond donors (Lipinski definition) is 0. The van der Waals surface area contributed by atoms with Crippen LogP contribution in [0.25, 0.3) is 10.9 Å². The zero-order valence-electron chi connectivity index (χ0n) is 16.7. The van der Waals surface area contributed by atoms with E-state index in [0.29, 0.717) is 40.8 Å². The normalized spacial score (nSPS) is 13.2. The number of carbonyl (C=O) groups is 2. The lowest BCUT2D eigenvalue weighted by atomic mass is 10.1. The van der Waals surface area contributed by atoms with Gasteiger partial charge in [-0.05, 0) is 42.1 Å². The van der Waals surface area contributed by atoms with E-state index in [2.05, 4.69) is 0 Å². The summed E-state index contributed by atoms with van der Waals surface area (Å²) in [6, 6.07) is 18.1. The van der Waals surface area contributed by atoms with Crippen LogP contribution in [0.3, 0.4) is 0 Å². The van der Waals surface area contributed by atoms with Crippen LogP contribution in [0, 0.1) is 0 Å². The van der Waals surface area contributed by atoms with Gasteiger partial charge in [-0.3, -0.25) is 23.9 Å². The molecule has 0 bridgehead atoms. The second-order valence-electron chi connectivity index (χ2n) is 7.39. The maximum Gasteiger partial charge on any atom is 0.261 e. The third-order valence-corrected chi connectivity index (χ3v) is 6.48. The zero-order valence-corrected chi connectivity index (χ0v) is 17.5. The molecule has 0 atom stereocenters. The van der Waals surface area contributed by atoms with Gasteiger partial charge in [0.2, 0.25) is 0 Å². The van der Waals surface area contributed by atoms with Crippen molar-refractivity contribution >= 4 is 34.1 Å². The van der Waals surface area contributed by atoms with Crippen molar-refractivity contribution in [3.05, 3.63) is 98.2 Å². The third kappa shape index (κ3) is 3.47. The van der Waals surface area contributed by atoms with Crippen LogP contribution in [0.15, 0.2) is 70.8 Å². The smallest absolute Gasteiger partial charge is 0.261 e. The van der Waals surface area contributed by atoms with Crippen molar-refractivity contribution < 1.29 is 9.59 Å². The number of amides is 2. The number of carbonyl (C=O) groups excluding carboxylic acids is 2. The van der Waals surface area contributed by atoms with E-state index >= 15 is 0 Å². The minimum absolute atomic E-state index is 0.0977. The van der Waals surface area contributed by atoms with Gasteiger partial charge in [-0.2, -0.15) is 0 Å². The largest absolute Gasteiger partial charge is 0.296 e. The number of imide groups is 1. The van der Waals surface area contributed by atoms with Gasteiger partial charge in [0.25, 0.3) is 17.4 Å². The second kappa shape index (κ2) is 7.92. The Balaban J connectivity index is 1.46. The number of nitrogens with zero attached hydrogens (tertiary/aromatic N) is 3. The first kappa shape index (κ1) is 19.4. The van der Waals surface area contributed by atoms with Crippen LogP contribution in [-0.2, 0) is 19.4 Å². The molecule has 0 spiro atoms. The number of benzene rings is 2. The van der Waals surface area contributed by atoms with Gasteiger partial charge in [0.05, 0.1) is 22.0 Å². The number of hydrogen-bond acceptors (Lipinski definition) is 5. The number of thiophene rings is 1. The summed E-state index contributed by atoms with van der Waals surface area (Å²) < 4.78 is 1.68. The van der Waals surface area contributed by atoms with Gasteiger partial charge in [0, 0.05) is 24.4 Å². The number of fused-ring (bicyclic) bond motifs is 2. The van der Waals surface area contributed by atoms with Gasteiger partial charge < -0.3 is 0 Å². The molecule has 5 rings (SSSR count). The maximum atomic E-state index is 13.2. The second-order valence-corrected chi connectivity index (χ2v) is 8.42. The van der Waals surface area contributed by atoms with Crippen LogP contribution >= 0.6 is 11.3 Å². The van der Waals surface area contributed by atoms with Crippen molar-refractivity contribution in [1.29, 1.82) is 0 Å². The molecule has 7 heteroatoms. The molecule has 1 aliphatic heterocycles. The number of para-hydroxylation sites is 1. The molecule has 31 heavy (non-hydrogen) atoms. The summed E-state index contributed by atoms with van der Waals surface area (Å²) in [6.45, 7) is 0.671. The molecule has 2 aromatic carbocycles. The summed E-state index contributed by atoms with van der Waals surface area (Å²) in [4.78, 5) is 45.7. The van der Waals surface area contributed by atoms with E-state index in [-0.39, 0.29) is 23.9 Å². The minimum Gasteiger partial charge on any atom is -0.296 e. The van der Waals surface area contributed by atoms with Crippen LogP contribution in [0.2, 0.25) is 0 Å². The molecule has 0 aliphatic carbocycles. The van der Waals surface area contributed by atoms with Crippen molar-refractivity contribution in [2.45, 2.75) is 19.4 Å². The molecule has 2 aromatic heterocycles. The Bertz CT molecular complexity index is 1320. The highest BCUT2D eigenvalue weighted by Crippen LogP contribution is 2.22. The molecule has 154 valence electrons. The van der Waals surface area contributed by atoms with E-state index in [1.807, 2.05) is 35.7 Å². The fraction of sp³-hybridized carbons (Fsp3) is 0.167. The van der Waals surface area contributed by atoms with Crippen LogP contribution in [0.1, 0.15) is 31.4 Å². The highest BCUT2D eigenvalue weighted by molar-refractivity contribution is 7.09. The topological polar surface area (TPSA) is 72.3 Å². The van der Waals surface area contributed by atoms with Crippen LogP contribution in [0.5, 0.6) is 0 Å². The molecule has 0 saturated heterocycles. The zero-order chi connectivity index (χ0) is 21.4. The van der Waals surface area contributed by atoms with Crippen molar-refractivity contribution in [2.75, 3.05) is 6.54 Å². The SMILES string of the molecule is O=C1c2ccccc2C(=O)N1CCc1nc2ccccc2c(=O)n1CCc1cccs1. The number of aryl methyl sites for hydroxylation is 1. The van der Waals surface area contributed by atoms with Crippen molar-refractivity contribution in [2.24, 2.45) is 0 Å².